The molecule has 0 bridgehead atoms. The van der Waals surface area contributed by atoms with E-state index in [-0.39, 0.29) is 5.88 Å². The van der Waals surface area contributed by atoms with E-state index in [0.29, 0.717) is 0 Å². The van der Waals surface area contributed by atoms with Crippen molar-refractivity contribution < 1.29 is 10.1 Å². The smallest absolute Gasteiger partial charge is 0.274 e. The van der Waals surface area contributed by atoms with Gasteiger partial charge in [-0.05, 0) is 0 Å². The largest absolute Gasteiger partial charge is 0.318 e. The number of hydrogen-bond acceptors (Lipinski definition) is 4. The molecule has 0 amide bonds. The van der Waals surface area contributed by atoms with Crippen LogP contribution in [0.2, 0.25) is 0 Å². The lowest BCUT2D eigenvalue weighted by Crippen LogP contribution is -1.86. The van der Waals surface area contributed by atoms with Gasteiger partial charge in [-0.15, -0.1) is 0 Å². The molecule has 0 saturated heterocycles. The first-order chi connectivity index (χ1) is 3.93. The van der Waals surface area contributed by atoms with Gasteiger partial charge in [-0.25, -0.2) is 10.2 Å². The molecule has 0 aliphatic carbocycles. The molecule has 0 radical (unpaired) electrons. The summed E-state index contributed by atoms with van der Waals surface area (Å²) >= 11 is 0. The van der Waals surface area contributed by atoms with E-state index >= 15 is 0 Å². The van der Waals surface area contributed by atoms with E-state index in [2.05, 4.69) is 14.9 Å². The highest BCUT2D eigenvalue weighted by Gasteiger charge is 1.86. The zero-order chi connectivity index (χ0) is 5.82. The van der Waals surface area contributed by atoms with E-state index < -0.39 is 0 Å². The van der Waals surface area contributed by atoms with Crippen molar-refractivity contribution in [1.82, 2.24) is 9.97 Å². The van der Waals surface area contributed by atoms with Crippen LogP contribution in [0.1, 0.15) is 0 Å². The third-order valence-electron chi connectivity index (χ3n) is 0.633. The summed E-state index contributed by atoms with van der Waals surface area (Å²) in [5, 5.41) is 7.94. The Kier molecular flexibility index (Phi) is 1.39. The molecule has 0 unspecified atom stereocenters. The lowest BCUT2D eigenvalue weighted by molar-refractivity contribution is -0.142. The SMILES string of the molecule is OOc1cnccn1. The lowest BCUT2D eigenvalue weighted by atomic mass is 10.7. The van der Waals surface area contributed by atoms with Crippen LogP contribution in [0.5, 0.6) is 5.88 Å². The summed E-state index contributed by atoms with van der Waals surface area (Å²) < 4.78 is 0. The van der Waals surface area contributed by atoms with Crippen molar-refractivity contribution in [3.05, 3.63) is 18.6 Å². The number of aromatic nitrogens is 2. The van der Waals surface area contributed by atoms with Gasteiger partial charge in [-0.1, -0.05) is 0 Å². The van der Waals surface area contributed by atoms with Crippen LogP contribution in [0.25, 0.3) is 0 Å². The van der Waals surface area contributed by atoms with Crippen LogP contribution in [-0.4, -0.2) is 15.2 Å². The average Bonchev–Trinajstić information content (AvgIpc) is 1.90. The molecule has 1 rings (SSSR count). The molecule has 1 aromatic heterocycles. The topological polar surface area (TPSA) is 55.2 Å². The van der Waals surface area contributed by atoms with Crippen LogP contribution in [0.15, 0.2) is 18.6 Å². The predicted octanol–water partition coefficient (Wildman–Crippen LogP) is 0.328. The van der Waals surface area contributed by atoms with Gasteiger partial charge < -0.3 is 4.89 Å². The maximum absolute atomic E-state index is 7.94. The molecule has 0 saturated carbocycles. The summed E-state index contributed by atoms with van der Waals surface area (Å²) in [6.45, 7) is 0. The van der Waals surface area contributed by atoms with E-state index in [4.69, 9.17) is 5.26 Å². The van der Waals surface area contributed by atoms with E-state index in [9.17, 15) is 0 Å². The van der Waals surface area contributed by atoms with Crippen LogP contribution < -0.4 is 4.89 Å². The first-order valence-electron chi connectivity index (χ1n) is 2.01. The second-order valence-corrected chi connectivity index (χ2v) is 1.13. The highest BCUT2D eigenvalue weighted by Crippen LogP contribution is 1.96. The first-order valence-corrected chi connectivity index (χ1v) is 2.01. The molecule has 0 aliphatic heterocycles. The minimum atomic E-state index is 0.104. The van der Waals surface area contributed by atoms with Crippen molar-refractivity contribution in [3.8, 4) is 5.88 Å². The Balaban J connectivity index is 2.83. The summed E-state index contributed by atoms with van der Waals surface area (Å²) in [4.78, 5) is 10.9. The van der Waals surface area contributed by atoms with Crippen molar-refractivity contribution in [1.29, 1.82) is 0 Å². The van der Waals surface area contributed by atoms with Crippen LogP contribution in [0.3, 0.4) is 0 Å². The zero-order valence-electron chi connectivity index (χ0n) is 3.98. The summed E-state index contributed by atoms with van der Waals surface area (Å²) in [6, 6.07) is 0. The van der Waals surface area contributed by atoms with Crippen LogP contribution in [0.4, 0.5) is 0 Å². The molecule has 8 heavy (non-hydrogen) atoms. The molecule has 1 aromatic rings. The Bertz CT molecular complexity index is 153. The fourth-order valence-corrected chi connectivity index (χ4v) is 0.333. The van der Waals surface area contributed by atoms with E-state index in [0.717, 1.165) is 0 Å². The third-order valence-corrected chi connectivity index (χ3v) is 0.633. The maximum atomic E-state index is 7.94. The third kappa shape index (κ3) is 0.913. The van der Waals surface area contributed by atoms with Crippen molar-refractivity contribution in [2.45, 2.75) is 0 Å². The van der Waals surface area contributed by atoms with Gasteiger partial charge >= 0.3 is 0 Å². The molecule has 0 spiro atoms. The van der Waals surface area contributed by atoms with Crippen LogP contribution >= 0.6 is 0 Å². The Morgan fingerprint density at radius 2 is 2.38 bits per heavy atom. The van der Waals surface area contributed by atoms with Crippen LogP contribution in [0, 0.1) is 0 Å². The van der Waals surface area contributed by atoms with E-state index in [1.165, 1.54) is 18.6 Å². The predicted molar refractivity (Wildman–Crippen MR) is 25.3 cm³/mol. The fraction of sp³-hybridized carbons (Fsp3) is 0. The van der Waals surface area contributed by atoms with Gasteiger partial charge in [0.05, 0.1) is 6.20 Å². The standard InChI is InChI=1S/C4H4N2O2/c7-8-4-3-5-1-2-6-4/h1-3,7H. The van der Waals surface area contributed by atoms with Crippen LogP contribution in [-0.2, 0) is 0 Å². The molecule has 4 nitrogen and oxygen atoms in total. The Hall–Kier alpha value is -1.16. The molecule has 4 heteroatoms. The second-order valence-electron chi connectivity index (χ2n) is 1.13. The number of nitrogens with zero attached hydrogens (tertiary/aromatic N) is 2. The number of hydrogen-bond donors (Lipinski definition) is 1. The molecule has 42 valence electrons. The summed E-state index contributed by atoms with van der Waals surface area (Å²) in [7, 11) is 0. The highest BCUT2D eigenvalue weighted by atomic mass is 17.1. The zero-order valence-corrected chi connectivity index (χ0v) is 3.98. The quantitative estimate of drug-likeness (QED) is 0.420. The monoisotopic (exact) mass is 112 g/mol. The molecule has 0 aliphatic rings. The molecular weight excluding hydrogens is 108 g/mol. The molecule has 0 fully saturated rings. The Morgan fingerprint density at radius 3 is 2.75 bits per heavy atom. The molecule has 1 heterocycles. The van der Waals surface area contributed by atoms with Gasteiger partial charge in [0.2, 0.25) is 0 Å². The minimum Gasteiger partial charge on any atom is -0.318 e. The van der Waals surface area contributed by atoms with Gasteiger partial charge in [0.25, 0.3) is 5.88 Å². The second kappa shape index (κ2) is 2.23. The van der Waals surface area contributed by atoms with Crippen molar-refractivity contribution in [2.75, 3.05) is 0 Å². The first kappa shape index (κ1) is 4.99. The van der Waals surface area contributed by atoms with Gasteiger partial charge in [0, 0.05) is 12.4 Å². The van der Waals surface area contributed by atoms with E-state index in [1.54, 1.807) is 0 Å². The van der Waals surface area contributed by atoms with Crippen molar-refractivity contribution in [3.63, 3.8) is 0 Å². The number of rotatable bonds is 1. The molecule has 0 atom stereocenters. The van der Waals surface area contributed by atoms with Crippen molar-refractivity contribution >= 4 is 0 Å². The van der Waals surface area contributed by atoms with Gasteiger partial charge in [0.15, 0.2) is 0 Å². The minimum absolute atomic E-state index is 0.104. The fourth-order valence-electron chi connectivity index (χ4n) is 0.333. The average molecular weight is 112 g/mol. The molecule has 1 N–H and O–H groups in total. The maximum Gasteiger partial charge on any atom is 0.274 e. The van der Waals surface area contributed by atoms with E-state index in [1.807, 2.05) is 0 Å². The Morgan fingerprint density at radius 1 is 1.50 bits per heavy atom. The molecular formula is C4H4N2O2. The molecule has 0 aromatic carbocycles. The highest BCUT2D eigenvalue weighted by molar-refractivity contribution is 4.99. The Labute approximate surface area is 45.7 Å². The normalized spacial score (nSPS) is 8.62. The lowest BCUT2D eigenvalue weighted by Gasteiger charge is -1.88. The van der Waals surface area contributed by atoms with Crippen molar-refractivity contribution in [2.24, 2.45) is 0 Å². The van der Waals surface area contributed by atoms with Gasteiger partial charge in [-0.3, -0.25) is 4.98 Å². The summed E-state index contributed by atoms with van der Waals surface area (Å²) in [6.07, 6.45) is 4.22. The van der Waals surface area contributed by atoms with Gasteiger partial charge in [0.1, 0.15) is 0 Å². The summed E-state index contributed by atoms with van der Waals surface area (Å²) in [5.74, 6) is 0.104. The summed E-state index contributed by atoms with van der Waals surface area (Å²) in [5.41, 5.74) is 0. The van der Waals surface area contributed by atoms with Gasteiger partial charge in [-0.2, -0.15) is 0 Å².